The van der Waals surface area contributed by atoms with Crippen LogP contribution in [0, 0.1) is 0 Å². The molecule has 4 nitrogen and oxygen atoms in total. The molecule has 0 bridgehead atoms. The van der Waals surface area contributed by atoms with Crippen molar-refractivity contribution in [1.82, 2.24) is 0 Å². The Hall–Kier alpha value is -1.39. The second kappa shape index (κ2) is 4.23. The third-order valence-corrected chi connectivity index (χ3v) is 2.72. The topological polar surface area (TPSA) is 66.8 Å². The first-order valence-corrected chi connectivity index (χ1v) is 5.23. The van der Waals surface area contributed by atoms with Gasteiger partial charge in [-0.15, -0.1) is 0 Å². The Balaban J connectivity index is 1.84. The van der Waals surface area contributed by atoms with Crippen LogP contribution in [0.2, 0.25) is 0 Å². The summed E-state index contributed by atoms with van der Waals surface area (Å²) in [5.41, 5.74) is -0.390. The highest BCUT2D eigenvalue weighted by Gasteiger charge is 2.51. The van der Waals surface area contributed by atoms with Crippen molar-refractivity contribution in [2.45, 2.75) is 31.2 Å². The lowest BCUT2D eigenvalue weighted by atomic mass is 10.2. The van der Waals surface area contributed by atoms with E-state index in [0.29, 0.717) is 12.8 Å². The van der Waals surface area contributed by atoms with Gasteiger partial charge >= 0.3 is 5.97 Å². The van der Waals surface area contributed by atoms with Gasteiger partial charge in [-0.05, 0) is 18.4 Å². The van der Waals surface area contributed by atoms with E-state index in [2.05, 4.69) is 0 Å². The van der Waals surface area contributed by atoms with Crippen LogP contribution < -0.4 is 0 Å². The SMILES string of the molecule is O=C(OCc1ccccc1)[C@H](O)C1(O)CC1. The molecule has 86 valence electrons. The van der Waals surface area contributed by atoms with Gasteiger partial charge in [-0.25, -0.2) is 4.79 Å². The number of benzene rings is 1. The molecule has 4 heteroatoms. The maximum absolute atomic E-state index is 11.4. The second-order valence-electron chi connectivity index (χ2n) is 4.10. The van der Waals surface area contributed by atoms with Crippen molar-refractivity contribution in [2.24, 2.45) is 0 Å². The predicted molar refractivity (Wildman–Crippen MR) is 56.4 cm³/mol. The molecule has 16 heavy (non-hydrogen) atoms. The number of ether oxygens (including phenoxy) is 1. The Bertz CT molecular complexity index is 370. The maximum Gasteiger partial charge on any atom is 0.338 e. The molecule has 1 saturated carbocycles. The summed E-state index contributed by atoms with van der Waals surface area (Å²) >= 11 is 0. The lowest BCUT2D eigenvalue weighted by Gasteiger charge is -2.15. The van der Waals surface area contributed by atoms with Crippen molar-refractivity contribution in [3.8, 4) is 0 Å². The summed E-state index contributed by atoms with van der Waals surface area (Å²) in [6, 6.07) is 9.20. The van der Waals surface area contributed by atoms with Crippen molar-refractivity contribution in [3.05, 3.63) is 35.9 Å². The minimum atomic E-state index is -1.42. The molecular formula is C12H14O4. The van der Waals surface area contributed by atoms with Crippen LogP contribution >= 0.6 is 0 Å². The van der Waals surface area contributed by atoms with Crippen molar-refractivity contribution in [1.29, 1.82) is 0 Å². The number of carbonyl (C=O) groups excluding carboxylic acids is 1. The molecule has 1 aliphatic rings. The van der Waals surface area contributed by atoms with Gasteiger partial charge in [-0.3, -0.25) is 0 Å². The van der Waals surface area contributed by atoms with Crippen LogP contribution in [-0.2, 0) is 16.1 Å². The van der Waals surface area contributed by atoms with Gasteiger partial charge in [0.05, 0.1) is 0 Å². The molecule has 0 spiro atoms. The lowest BCUT2D eigenvalue weighted by Crippen LogP contribution is -2.36. The van der Waals surface area contributed by atoms with Crippen LogP contribution in [0.15, 0.2) is 30.3 Å². The van der Waals surface area contributed by atoms with Crippen molar-refractivity contribution >= 4 is 5.97 Å². The molecule has 1 atom stereocenters. The molecule has 1 aromatic carbocycles. The number of esters is 1. The largest absolute Gasteiger partial charge is 0.459 e. The Morgan fingerprint density at radius 1 is 1.38 bits per heavy atom. The van der Waals surface area contributed by atoms with Crippen LogP contribution in [0.4, 0.5) is 0 Å². The molecule has 2 rings (SSSR count). The van der Waals surface area contributed by atoms with Crippen LogP contribution in [0.1, 0.15) is 18.4 Å². The summed E-state index contributed by atoms with van der Waals surface area (Å²) in [5, 5.41) is 19.0. The molecule has 1 aliphatic carbocycles. The number of hydrogen-bond donors (Lipinski definition) is 2. The summed E-state index contributed by atoms with van der Waals surface area (Å²) in [4.78, 5) is 11.4. The number of hydrogen-bond acceptors (Lipinski definition) is 4. The first kappa shape index (κ1) is 11.1. The van der Waals surface area contributed by atoms with Crippen molar-refractivity contribution in [2.75, 3.05) is 0 Å². The molecule has 0 amide bonds. The van der Waals surface area contributed by atoms with E-state index in [9.17, 15) is 15.0 Å². The molecule has 0 aromatic heterocycles. The van der Waals surface area contributed by atoms with Gasteiger partial charge in [0.1, 0.15) is 12.2 Å². The van der Waals surface area contributed by atoms with Crippen molar-refractivity contribution < 1.29 is 19.7 Å². The molecule has 0 heterocycles. The van der Waals surface area contributed by atoms with Crippen LogP contribution in [-0.4, -0.2) is 27.9 Å². The van der Waals surface area contributed by atoms with E-state index in [1.54, 1.807) is 0 Å². The number of aliphatic hydroxyl groups excluding tert-OH is 1. The molecule has 0 unspecified atom stereocenters. The third-order valence-electron chi connectivity index (χ3n) is 2.72. The monoisotopic (exact) mass is 222 g/mol. The van der Waals surface area contributed by atoms with E-state index >= 15 is 0 Å². The first-order valence-electron chi connectivity index (χ1n) is 5.23. The van der Waals surface area contributed by atoms with Gasteiger partial charge in [0.25, 0.3) is 0 Å². The van der Waals surface area contributed by atoms with Crippen molar-refractivity contribution in [3.63, 3.8) is 0 Å². The number of aliphatic hydroxyl groups is 2. The zero-order valence-electron chi connectivity index (χ0n) is 8.80. The molecule has 1 aromatic rings. The normalized spacial score (nSPS) is 18.9. The summed E-state index contributed by atoms with van der Waals surface area (Å²) in [5.74, 6) is -0.760. The fourth-order valence-corrected chi connectivity index (χ4v) is 1.43. The number of rotatable bonds is 4. The Labute approximate surface area is 93.5 Å². The van der Waals surface area contributed by atoms with E-state index < -0.39 is 17.7 Å². The standard InChI is InChI=1S/C12H14O4/c13-10(12(15)6-7-12)11(14)16-8-9-4-2-1-3-5-9/h1-5,10,13,15H,6-8H2/t10-/m0/s1. The lowest BCUT2D eigenvalue weighted by molar-refractivity contribution is -0.162. The zero-order valence-corrected chi connectivity index (χ0v) is 8.80. The van der Waals surface area contributed by atoms with E-state index in [1.165, 1.54) is 0 Å². The average molecular weight is 222 g/mol. The quantitative estimate of drug-likeness (QED) is 0.733. The van der Waals surface area contributed by atoms with E-state index in [-0.39, 0.29) is 6.61 Å². The molecule has 0 saturated heterocycles. The van der Waals surface area contributed by atoms with Crippen LogP contribution in [0.3, 0.4) is 0 Å². The van der Waals surface area contributed by atoms with Gasteiger partial charge in [0, 0.05) is 0 Å². The Morgan fingerprint density at radius 3 is 2.56 bits per heavy atom. The van der Waals surface area contributed by atoms with Gasteiger partial charge < -0.3 is 14.9 Å². The highest BCUT2D eigenvalue weighted by Crippen LogP contribution is 2.38. The summed E-state index contributed by atoms with van der Waals surface area (Å²) in [6.45, 7) is 0.118. The molecule has 1 fully saturated rings. The fraction of sp³-hybridized carbons (Fsp3) is 0.417. The van der Waals surface area contributed by atoms with Gasteiger partial charge in [-0.2, -0.15) is 0 Å². The smallest absolute Gasteiger partial charge is 0.338 e. The van der Waals surface area contributed by atoms with Gasteiger partial charge in [0.15, 0.2) is 6.10 Å². The fourth-order valence-electron chi connectivity index (χ4n) is 1.43. The molecule has 0 radical (unpaired) electrons. The zero-order chi connectivity index (χ0) is 11.6. The summed E-state index contributed by atoms with van der Waals surface area (Å²) < 4.78 is 4.91. The predicted octanol–water partition coefficient (Wildman–Crippen LogP) is 0.616. The van der Waals surface area contributed by atoms with E-state index in [1.807, 2.05) is 30.3 Å². The minimum Gasteiger partial charge on any atom is -0.459 e. The van der Waals surface area contributed by atoms with Gasteiger partial charge in [-0.1, -0.05) is 30.3 Å². The average Bonchev–Trinajstić information content (AvgIpc) is 3.06. The molecule has 2 N–H and O–H groups in total. The highest BCUT2D eigenvalue weighted by molar-refractivity contribution is 5.76. The molecular weight excluding hydrogens is 208 g/mol. The minimum absolute atomic E-state index is 0.118. The Morgan fingerprint density at radius 2 is 2.00 bits per heavy atom. The summed E-state index contributed by atoms with van der Waals surface area (Å²) in [6.07, 6.45) is -0.514. The Kier molecular flexibility index (Phi) is 2.94. The first-order chi connectivity index (χ1) is 7.62. The van der Waals surface area contributed by atoms with Gasteiger partial charge in [0.2, 0.25) is 0 Å². The number of carbonyl (C=O) groups is 1. The highest BCUT2D eigenvalue weighted by atomic mass is 16.5. The third kappa shape index (κ3) is 2.40. The summed E-state index contributed by atoms with van der Waals surface area (Å²) in [7, 11) is 0. The van der Waals surface area contributed by atoms with Crippen LogP contribution in [0.25, 0.3) is 0 Å². The maximum atomic E-state index is 11.4. The van der Waals surface area contributed by atoms with E-state index in [4.69, 9.17) is 4.74 Å². The van der Waals surface area contributed by atoms with E-state index in [0.717, 1.165) is 5.56 Å². The van der Waals surface area contributed by atoms with Crippen LogP contribution in [0.5, 0.6) is 0 Å². The molecule has 0 aliphatic heterocycles. The second-order valence-corrected chi connectivity index (χ2v) is 4.10.